The molecule has 0 atom stereocenters. The van der Waals surface area contributed by atoms with Crippen LogP contribution in [0.2, 0.25) is 0 Å². The van der Waals surface area contributed by atoms with Gasteiger partial charge in [-0.3, -0.25) is 4.90 Å². The Kier molecular flexibility index (Phi) is 4.53. The van der Waals surface area contributed by atoms with Gasteiger partial charge in [-0.1, -0.05) is 24.3 Å². The molecule has 1 fully saturated rings. The van der Waals surface area contributed by atoms with Crippen LogP contribution in [0.3, 0.4) is 0 Å². The second-order valence-electron chi connectivity index (χ2n) is 7.11. The minimum absolute atomic E-state index is 0.144. The Morgan fingerprint density at radius 1 is 1.08 bits per heavy atom. The Morgan fingerprint density at radius 2 is 1.88 bits per heavy atom. The van der Waals surface area contributed by atoms with Crippen LogP contribution in [0.1, 0.15) is 24.2 Å². The Bertz CT molecular complexity index is 862. The van der Waals surface area contributed by atoms with Gasteiger partial charge in [-0.15, -0.1) is 0 Å². The zero-order chi connectivity index (χ0) is 17.2. The molecule has 3 aromatic rings. The van der Waals surface area contributed by atoms with Crippen LogP contribution < -0.4 is 0 Å². The summed E-state index contributed by atoms with van der Waals surface area (Å²) >= 11 is 0. The number of benzene rings is 2. The molecule has 0 radical (unpaired) electrons. The number of likely N-dealkylation sites (tertiary alicyclic amines) is 1. The zero-order valence-electron chi connectivity index (χ0n) is 14.7. The maximum absolute atomic E-state index is 13.3. The van der Waals surface area contributed by atoms with E-state index >= 15 is 0 Å². The topological polar surface area (TPSA) is 21.1 Å². The van der Waals surface area contributed by atoms with E-state index in [4.69, 9.17) is 0 Å². The summed E-state index contributed by atoms with van der Waals surface area (Å²) in [5, 5.41) is 0. The van der Waals surface area contributed by atoms with Gasteiger partial charge in [0.2, 0.25) is 0 Å². The first-order chi connectivity index (χ1) is 12.2. The highest BCUT2D eigenvalue weighted by Crippen LogP contribution is 2.24. The van der Waals surface area contributed by atoms with Crippen LogP contribution in [-0.2, 0) is 13.1 Å². The molecule has 1 saturated heterocycles. The van der Waals surface area contributed by atoms with E-state index < -0.39 is 0 Å². The highest BCUT2D eigenvalue weighted by Gasteiger charge is 2.21. The van der Waals surface area contributed by atoms with Crippen molar-refractivity contribution in [1.82, 2.24) is 14.5 Å². The first-order valence-corrected chi connectivity index (χ1v) is 9.08. The molecule has 0 spiro atoms. The number of piperidine rings is 1. The third kappa shape index (κ3) is 3.59. The van der Waals surface area contributed by atoms with Gasteiger partial charge in [0.25, 0.3) is 0 Å². The average molecular weight is 337 g/mol. The predicted octanol–water partition coefficient (Wildman–Crippen LogP) is 4.40. The fourth-order valence-electron chi connectivity index (χ4n) is 3.91. The molecule has 25 heavy (non-hydrogen) atoms. The number of imidazole rings is 1. The van der Waals surface area contributed by atoms with Crippen molar-refractivity contribution in [3.63, 3.8) is 0 Å². The number of aryl methyl sites for hydroxylation is 1. The SMILES string of the molecule is Cc1nc2ccccc2n1CC1CCN(Cc2cccc(F)c2)CC1. The van der Waals surface area contributed by atoms with Gasteiger partial charge in [0.15, 0.2) is 0 Å². The third-order valence-electron chi connectivity index (χ3n) is 5.29. The molecular weight excluding hydrogens is 313 g/mol. The molecule has 0 bridgehead atoms. The molecule has 2 aromatic carbocycles. The van der Waals surface area contributed by atoms with E-state index in [9.17, 15) is 4.39 Å². The summed E-state index contributed by atoms with van der Waals surface area (Å²) in [6.45, 7) is 6.14. The molecule has 4 rings (SSSR count). The monoisotopic (exact) mass is 337 g/mol. The molecule has 1 aliphatic rings. The summed E-state index contributed by atoms with van der Waals surface area (Å²) < 4.78 is 15.7. The minimum atomic E-state index is -0.144. The van der Waals surface area contributed by atoms with Crippen LogP contribution >= 0.6 is 0 Å². The number of nitrogens with zero attached hydrogens (tertiary/aromatic N) is 3. The van der Waals surface area contributed by atoms with Crippen molar-refractivity contribution in [3.05, 3.63) is 65.7 Å². The number of para-hydroxylation sites is 2. The van der Waals surface area contributed by atoms with Crippen molar-refractivity contribution < 1.29 is 4.39 Å². The standard InChI is InChI=1S/C21H24FN3/c1-16-23-20-7-2-3-8-21(20)25(16)15-17-9-11-24(12-10-17)14-18-5-4-6-19(22)13-18/h2-8,13,17H,9-12,14-15H2,1H3. The Hall–Kier alpha value is -2.20. The van der Waals surface area contributed by atoms with Gasteiger partial charge in [0, 0.05) is 13.1 Å². The second-order valence-corrected chi connectivity index (χ2v) is 7.11. The molecule has 0 N–H and O–H groups in total. The number of rotatable bonds is 4. The second kappa shape index (κ2) is 6.96. The molecule has 0 unspecified atom stereocenters. The van der Waals surface area contributed by atoms with Crippen LogP contribution in [0.4, 0.5) is 4.39 Å². The lowest BCUT2D eigenvalue weighted by Crippen LogP contribution is -2.34. The van der Waals surface area contributed by atoms with Gasteiger partial charge in [-0.05, 0) is 68.6 Å². The fraction of sp³-hybridized carbons (Fsp3) is 0.381. The average Bonchev–Trinajstić information content (AvgIpc) is 2.92. The lowest BCUT2D eigenvalue weighted by molar-refractivity contribution is 0.167. The summed E-state index contributed by atoms with van der Waals surface area (Å²) in [4.78, 5) is 7.11. The molecule has 130 valence electrons. The molecule has 3 nitrogen and oxygen atoms in total. The maximum Gasteiger partial charge on any atom is 0.123 e. The molecule has 0 aliphatic carbocycles. The normalized spacial score (nSPS) is 16.6. The minimum Gasteiger partial charge on any atom is -0.328 e. The van der Waals surface area contributed by atoms with Crippen molar-refractivity contribution in [1.29, 1.82) is 0 Å². The number of halogens is 1. The van der Waals surface area contributed by atoms with Crippen LogP contribution in [0.25, 0.3) is 11.0 Å². The lowest BCUT2D eigenvalue weighted by Gasteiger charge is -2.32. The lowest BCUT2D eigenvalue weighted by atomic mass is 9.96. The first kappa shape index (κ1) is 16.3. The van der Waals surface area contributed by atoms with Crippen molar-refractivity contribution in [2.45, 2.75) is 32.9 Å². The highest BCUT2D eigenvalue weighted by molar-refractivity contribution is 5.75. The van der Waals surface area contributed by atoms with Crippen molar-refractivity contribution >= 4 is 11.0 Å². The van der Waals surface area contributed by atoms with Gasteiger partial charge in [0.1, 0.15) is 11.6 Å². The van der Waals surface area contributed by atoms with Gasteiger partial charge in [-0.2, -0.15) is 0 Å². The summed E-state index contributed by atoms with van der Waals surface area (Å²) in [6.07, 6.45) is 2.36. The predicted molar refractivity (Wildman–Crippen MR) is 98.9 cm³/mol. The Balaban J connectivity index is 1.38. The van der Waals surface area contributed by atoms with Gasteiger partial charge >= 0.3 is 0 Å². The highest BCUT2D eigenvalue weighted by atomic mass is 19.1. The van der Waals surface area contributed by atoms with E-state index in [0.717, 1.165) is 43.1 Å². The fourth-order valence-corrected chi connectivity index (χ4v) is 3.91. The van der Waals surface area contributed by atoms with E-state index in [1.165, 1.54) is 24.4 Å². The smallest absolute Gasteiger partial charge is 0.123 e. The Labute approximate surface area is 148 Å². The van der Waals surface area contributed by atoms with Crippen molar-refractivity contribution in [2.75, 3.05) is 13.1 Å². The van der Waals surface area contributed by atoms with E-state index in [1.54, 1.807) is 12.1 Å². The molecule has 1 aliphatic heterocycles. The summed E-state index contributed by atoms with van der Waals surface area (Å²) in [5.74, 6) is 1.64. The summed E-state index contributed by atoms with van der Waals surface area (Å²) in [7, 11) is 0. The quantitative estimate of drug-likeness (QED) is 0.704. The molecule has 4 heteroatoms. The number of fused-ring (bicyclic) bond motifs is 1. The molecule has 0 saturated carbocycles. The largest absolute Gasteiger partial charge is 0.328 e. The van der Waals surface area contributed by atoms with Crippen molar-refractivity contribution in [2.24, 2.45) is 5.92 Å². The van der Waals surface area contributed by atoms with Gasteiger partial charge in [-0.25, -0.2) is 9.37 Å². The first-order valence-electron chi connectivity index (χ1n) is 9.08. The third-order valence-corrected chi connectivity index (χ3v) is 5.29. The maximum atomic E-state index is 13.3. The van der Waals surface area contributed by atoms with Crippen LogP contribution in [0.15, 0.2) is 48.5 Å². The summed E-state index contributed by atoms with van der Waals surface area (Å²) in [6, 6.07) is 15.3. The van der Waals surface area contributed by atoms with Crippen LogP contribution in [0.5, 0.6) is 0 Å². The van der Waals surface area contributed by atoms with Crippen LogP contribution in [-0.4, -0.2) is 27.5 Å². The van der Waals surface area contributed by atoms with Crippen molar-refractivity contribution in [3.8, 4) is 0 Å². The van der Waals surface area contributed by atoms with E-state index in [1.807, 2.05) is 12.1 Å². The number of hydrogen-bond donors (Lipinski definition) is 0. The van der Waals surface area contributed by atoms with E-state index in [-0.39, 0.29) is 5.82 Å². The van der Waals surface area contributed by atoms with E-state index in [0.29, 0.717) is 5.92 Å². The zero-order valence-corrected chi connectivity index (χ0v) is 14.7. The number of hydrogen-bond acceptors (Lipinski definition) is 2. The molecule has 1 aromatic heterocycles. The molecule has 2 heterocycles. The van der Waals surface area contributed by atoms with Gasteiger partial charge in [0.05, 0.1) is 11.0 Å². The summed E-state index contributed by atoms with van der Waals surface area (Å²) in [5.41, 5.74) is 3.39. The van der Waals surface area contributed by atoms with E-state index in [2.05, 4.69) is 39.6 Å². The van der Waals surface area contributed by atoms with Gasteiger partial charge < -0.3 is 4.57 Å². The molecule has 0 amide bonds. The Morgan fingerprint density at radius 3 is 2.68 bits per heavy atom. The molecular formula is C21H24FN3. The van der Waals surface area contributed by atoms with Crippen LogP contribution in [0, 0.1) is 18.7 Å². The number of aromatic nitrogens is 2.